The maximum absolute atomic E-state index is 12.7. The molecule has 28 heavy (non-hydrogen) atoms. The van der Waals surface area contributed by atoms with Gasteiger partial charge in [0.15, 0.2) is 0 Å². The SMILES string of the molecule is CC(C)c1nc2c(n1C)CCN(c1ccc(S(=O)(=O)N3CCOCC3)cn1)C2. The van der Waals surface area contributed by atoms with Crippen molar-refractivity contribution >= 4 is 15.8 Å². The number of aromatic nitrogens is 3. The lowest BCUT2D eigenvalue weighted by Crippen LogP contribution is -2.40. The first-order valence-corrected chi connectivity index (χ1v) is 11.1. The van der Waals surface area contributed by atoms with E-state index in [1.165, 1.54) is 16.2 Å². The Kier molecular flexibility index (Phi) is 5.15. The minimum absolute atomic E-state index is 0.232. The molecule has 0 saturated carbocycles. The van der Waals surface area contributed by atoms with E-state index in [1.54, 1.807) is 12.1 Å². The number of sulfonamides is 1. The molecule has 2 aromatic heterocycles. The molecular formula is C19H27N5O3S. The molecule has 0 aromatic carbocycles. The molecule has 0 unspecified atom stereocenters. The number of anilines is 1. The maximum atomic E-state index is 12.7. The molecule has 0 bridgehead atoms. The third-order valence-electron chi connectivity index (χ3n) is 5.46. The smallest absolute Gasteiger partial charge is 0.244 e. The van der Waals surface area contributed by atoms with Crippen molar-refractivity contribution in [1.82, 2.24) is 18.8 Å². The van der Waals surface area contributed by atoms with Gasteiger partial charge in [-0.3, -0.25) is 0 Å². The molecular weight excluding hydrogens is 378 g/mol. The van der Waals surface area contributed by atoms with Crippen molar-refractivity contribution in [3.63, 3.8) is 0 Å². The molecule has 9 heteroatoms. The molecule has 0 N–H and O–H groups in total. The second kappa shape index (κ2) is 7.46. The first-order chi connectivity index (χ1) is 13.4. The van der Waals surface area contributed by atoms with Crippen molar-refractivity contribution in [2.45, 2.75) is 37.6 Å². The minimum atomic E-state index is -3.51. The van der Waals surface area contributed by atoms with Gasteiger partial charge in [-0.25, -0.2) is 18.4 Å². The number of hydrogen-bond acceptors (Lipinski definition) is 6. The summed E-state index contributed by atoms with van der Waals surface area (Å²) in [4.78, 5) is 11.7. The summed E-state index contributed by atoms with van der Waals surface area (Å²) in [7, 11) is -1.43. The van der Waals surface area contributed by atoms with Gasteiger partial charge in [-0.15, -0.1) is 0 Å². The Hall–Kier alpha value is -1.97. The fourth-order valence-corrected chi connectivity index (χ4v) is 5.26. The molecule has 152 valence electrons. The standard InChI is InChI=1S/C19H27N5O3S/c1-14(2)19-21-16-13-23(7-6-17(16)22(19)3)18-5-4-15(12-20-18)28(25,26)24-8-10-27-11-9-24/h4-5,12,14H,6-11,13H2,1-3H3. The van der Waals surface area contributed by atoms with Gasteiger partial charge in [0, 0.05) is 50.9 Å². The van der Waals surface area contributed by atoms with E-state index in [-0.39, 0.29) is 4.90 Å². The topological polar surface area (TPSA) is 80.6 Å². The summed E-state index contributed by atoms with van der Waals surface area (Å²) in [5.74, 6) is 2.27. The molecule has 0 radical (unpaired) electrons. The lowest BCUT2D eigenvalue weighted by Gasteiger charge is -2.28. The molecule has 0 spiro atoms. The van der Waals surface area contributed by atoms with Crippen molar-refractivity contribution in [2.24, 2.45) is 7.05 Å². The van der Waals surface area contributed by atoms with Gasteiger partial charge < -0.3 is 14.2 Å². The van der Waals surface area contributed by atoms with Crippen LogP contribution in [0.15, 0.2) is 23.2 Å². The van der Waals surface area contributed by atoms with E-state index in [1.807, 2.05) is 0 Å². The first kappa shape index (κ1) is 19.4. The Bertz CT molecular complexity index is 947. The highest BCUT2D eigenvalue weighted by Crippen LogP contribution is 2.26. The molecule has 4 heterocycles. The minimum Gasteiger partial charge on any atom is -0.379 e. The van der Waals surface area contributed by atoms with E-state index < -0.39 is 10.0 Å². The molecule has 4 rings (SSSR count). The van der Waals surface area contributed by atoms with Crippen LogP contribution in [0.1, 0.15) is 37.0 Å². The van der Waals surface area contributed by atoms with Crippen molar-refractivity contribution in [1.29, 1.82) is 0 Å². The van der Waals surface area contributed by atoms with Crippen LogP contribution in [0.5, 0.6) is 0 Å². The highest BCUT2D eigenvalue weighted by atomic mass is 32.2. The van der Waals surface area contributed by atoms with Crippen molar-refractivity contribution in [3.05, 3.63) is 35.5 Å². The average Bonchev–Trinajstić information content (AvgIpc) is 3.05. The number of nitrogens with zero attached hydrogens (tertiary/aromatic N) is 5. The largest absolute Gasteiger partial charge is 0.379 e. The molecule has 0 amide bonds. The zero-order valence-corrected chi connectivity index (χ0v) is 17.4. The van der Waals surface area contributed by atoms with Gasteiger partial charge in [0.1, 0.15) is 16.5 Å². The summed E-state index contributed by atoms with van der Waals surface area (Å²) in [6.07, 6.45) is 2.37. The number of fused-ring (bicyclic) bond motifs is 1. The summed E-state index contributed by atoms with van der Waals surface area (Å²) in [6.45, 7) is 7.48. The van der Waals surface area contributed by atoms with Crippen LogP contribution in [0.25, 0.3) is 0 Å². The maximum Gasteiger partial charge on any atom is 0.244 e. The fraction of sp³-hybridized carbons (Fsp3) is 0.579. The lowest BCUT2D eigenvalue weighted by molar-refractivity contribution is 0.0730. The van der Waals surface area contributed by atoms with Gasteiger partial charge in [-0.2, -0.15) is 4.31 Å². The van der Waals surface area contributed by atoms with Crippen LogP contribution >= 0.6 is 0 Å². The summed E-state index contributed by atoms with van der Waals surface area (Å²) in [6, 6.07) is 3.45. The number of morpholine rings is 1. The number of rotatable bonds is 4. The third-order valence-corrected chi connectivity index (χ3v) is 7.34. The van der Waals surface area contributed by atoms with E-state index in [4.69, 9.17) is 9.72 Å². The summed E-state index contributed by atoms with van der Waals surface area (Å²) >= 11 is 0. The van der Waals surface area contributed by atoms with Crippen LogP contribution in [0, 0.1) is 0 Å². The Morgan fingerprint density at radius 1 is 1.14 bits per heavy atom. The van der Waals surface area contributed by atoms with Gasteiger partial charge in [0.25, 0.3) is 0 Å². The second-order valence-corrected chi connectivity index (χ2v) is 9.56. The zero-order chi connectivity index (χ0) is 19.9. The highest BCUT2D eigenvalue weighted by Gasteiger charge is 2.28. The monoisotopic (exact) mass is 405 g/mol. The van der Waals surface area contributed by atoms with Gasteiger partial charge in [0.2, 0.25) is 10.0 Å². The number of hydrogen-bond donors (Lipinski definition) is 0. The Morgan fingerprint density at radius 3 is 2.54 bits per heavy atom. The molecule has 2 aliphatic rings. The first-order valence-electron chi connectivity index (χ1n) is 9.71. The van der Waals surface area contributed by atoms with Crippen LogP contribution < -0.4 is 4.90 Å². The molecule has 0 aliphatic carbocycles. The molecule has 2 aromatic rings. The normalized spacial score (nSPS) is 18.5. The van der Waals surface area contributed by atoms with Gasteiger partial charge >= 0.3 is 0 Å². The van der Waals surface area contributed by atoms with E-state index >= 15 is 0 Å². The van der Waals surface area contributed by atoms with Crippen LogP contribution in [-0.2, 0) is 34.8 Å². The molecule has 8 nitrogen and oxygen atoms in total. The van der Waals surface area contributed by atoms with E-state index in [9.17, 15) is 8.42 Å². The van der Waals surface area contributed by atoms with Crippen molar-refractivity contribution in [3.8, 4) is 0 Å². The van der Waals surface area contributed by atoms with Gasteiger partial charge in [-0.05, 0) is 12.1 Å². The van der Waals surface area contributed by atoms with E-state index in [0.717, 1.165) is 30.3 Å². The summed E-state index contributed by atoms with van der Waals surface area (Å²) in [5.41, 5.74) is 2.37. The van der Waals surface area contributed by atoms with E-state index in [2.05, 4.69) is 35.3 Å². The Morgan fingerprint density at radius 2 is 1.89 bits per heavy atom. The van der Waals surface area contributed by atoms with Crippen LogP contribution in [0.3, 0.4) is 0 Å². The second-order valence-electron chi connectivity index (χ2n) is 7.62. The van der Waals surface area contributed by atoms with Gasteiger partial charge in [-0.1, -0.05) is 13.8 Å². The van der Waals surface area contributed by atoms with Crippen LogP contribution in [0.2, 0.25) is 0 Å². The molecule has 0 atom stereocenters. The fourth-order valence-electron chi connectivity index (χ4n) is 3.91. The Balaban J connectivity index is 1.53. The van der Waals surface area contributed by atoms with Crippen molar-refractivity contribution in [2.75, 3.05) is 37.7 Å². The van der Waals surface area contributed by atoms with Crippen LogP contribution in [0.4, 0.5) is 5.82 Å². The predicted molar refractivity (Wildman–Crippen MR) is 106 cm³/mol. The number of ether oxygens (including phenoxy) is 1. The molecule has 2 aliphatic heterocycles. The van der Waals surface area contributed by atoms with E-state index in [0.29, 0.717) is 38.8 Å². The van der Waals surface area contributed by atoms with Crippen LogP contribution in [-0.4, -0.2) is 60.1 Å². The number of pyridine rings is 1. The summed E-state index contributed by atoms with van der Waals surface area (Å²) in [5, 5.41) is 0. The zero-order valence-electron chi connectivity index (χ0n) is 16.6. The van der Waals surface area contributed by atoms with Gasteiger partial charge in [0.05, 0.1) is 25.5 Å². The van der Waals surface area contributed by atoms with Crippen molar-refractivity contribution < 1.29 is 13.2 Å². The third kappa shape index (κ3) is 3.42. The summed E-state index contributed by atoms with van der Waals surface area (Å²) < 4.78 is 34.4. The number of imidazole rings is 1. The lowest BCUT2D eigenvalue weighted by atomic mass is 10.1. The Labute approximate surface area is 166 Å². The average molecular weight is 406 g/mol. The predicted octanol–water partition coefficient (Wildman–Crippen LogP) is 1.52. The highest BCUT2D eigenvalue weighted by molar-refractivity contribution is 7.89. The molecule has 1 saturated heterocycles. The quantitative estimate of drug-likeness (QED) is 0.767. The molecule has 1 fully saturated rings.